The normalized spacial score (nSPS) is 44.3. The van der Waals surface area contributed by atoms with Crippen LogP contribution >= 0.6 is 15.9 Å². The molecule has 86 valence electrons. The number of alkyl halides is 1. The van der Waals surface area contributed by atoms with Gasteiger partial charge in [-0.15, -0.1) is 0 Å². The first-order valence-corrected chi connectivity index (χ1v) is 6.59. The molecule has 2 rings (SSSR count). The Morgan fingerprint density at radius 2 is 2.07 bits per heavy atom. The van der Waals surface area contributed by atoms with Gasteiger partial charge in [-0.2, -0.15) is 0 Å². The summed E-state index contributed by atoms with van der Waals surface area (Å²) in [5.41, 5.74) is 0.503. The lowest BCUT2D eigenvalue weighted by Crippen LogP contribution is -2.38. The van der Waals surface area contributed by atoms with Gasteiger partial charge in [0.15, 0.2) is 0 Å². The SMILES string of the molecule is CC1(C)C2CCC1(C)C(C(Br)C(=O)O)C2. The maximum atomic E-state index is 11.1. The molecule has 2 saturated carbocycles. The maximum Gasteiger partial charge on any atom is 0.317 e. The molecule has 2 fully saturated rings. The van der Waals surface area contributed by atoms with E-state index in [2.05, 4.69) is 36.7 Å². The molecule has 0 aromatic heterocycles. The van der Waals surface area contributed by atoms with Gasteiger partial charge in [-0.25, -0.2) is 0 Å². The van der Waals surface area contributed by atoms with Crippen LogP contribution in [0.2, 0.25) is 0 Å². The van der Waals surface area contributed by atoms with E-state index >= 15 is 0 Å². The van der Waals surface area contributed by atoms with Crippen LogP contribution in [0, 0.1) is 22.7 Å². The first-order valence-electron chi connectivity index (χ1n) is 5.67. The zero-order chi connectivity index (χ0) is 11.4. The van der Waals surface area contributed by atoms with Gasteiger partial charge >= 0.3 is 5.97 Å². The van der Waals surface area contributed by atoms with Crippen LogP contribution in [0.3, 0.4) is 0 Å². The third-order valence-electron chi connectivity index (χ3n) is 5.45. The fourth-order valence-corrected chi connectivity index (χ4v) is 4.68. The zero-order valence-electron chi connectivity index (χ0n) is 9.59. The molecule has 0 aliphatic heterocycles. The van der Waals surface area contributed by atoms with Gasteiger partial charge in [0.2, 0.25) is 0 Å². The molecule has 0 radical (unpaired) electrons. The summed E-state index contributed by atoms with van der Waals surface area (Å²) in [5, 5.41) is 9.11. The van der Waals surface area contributed by atoms with Gasteiger partial charge in [0, 0.05) is 0 Å². The molecule has 2 nitrogen and oxygen atoms in total. The highest BCUT2D eigenvalue weighted by molar-refractivity contribution is 9.10. The van der Waals surface area contributed by atoms with Crippen molar-refractivity contribution in [3.63, 3.8) is 0 Å². The van der Waals surface area contributed by atoms with Crippen molar-refractivity contribution < 1.29 is 9.90 Å². The minimum absolute atomic E-state index is 0.199. The van der Waals surface area contributed by atoms with E-state index in [1.807, 2.05) is 0 Å². The molecule has 4 unspecified atom stereocenters. The van der Waals surface area contributed by atoms with E-state index in [9.17, 15) is 4.79 Å². The largest absolute Gasteiger partial charge is 0.480 e. The van der Waals surface area contributed by atoms with Crippen molar-refractivity contribution in [2.24, 2.45) is 22.7 Å². The standard InChI is InChI=1S/C12H19BrO2/c1-11(2)7-4-5-12(11,3)8(6-7)9(13)10(14)15/h7-9H,4-6H2,1-3H3,(H,14,15). The number of hydrogen-bond acceptors (Lipinski definition) is 1. The molecule has 2 bridgehead atoms. The first-order chi connectivity index (χ1) is 6.80. The Labute approximate surface area is 99.6 Å². The van der Waals surface area contributed by atoms with Gasteiger partial charge in [-0.05, 0) is 41.9 Å². The lowest BCUT2D eigenvalue weighted by Gasteiger charge is -2.40. The molecule has 0 aromatic carbocycles. The van der Waals surface area contributed by atoms with Crippen molar-refractivity contribution in [1.29, 1.82) is 0 Å². The lowest BCUT2D eigenvalue weighted by atomic mass is 9.66. The van der Waals surface area contributed by atoms with Gasteiger partial charge in [-0.1, -0.05) is 36.7 Å². The zero-order valence-corrected chi connectivity index (χ0v) is 11.2. The highest BCUT2D eigenvalue weighted by Crippen LogP contribution is 2.69. The number of carboxylic acid groups (broad SMARTS) is 1. The van der Waals surface area contributed by atoms with Crippen LogP contribution in [-0.2, 0) is 4.79 Å². The Bertz CT molecular complexity index is 300. The number of hydrogen-bond donors (Lipinski definition) is 1. The number of fused-ring (bicyclic) bond motifs is 2. The summed E-state index contributed by atoms with van der Waals surface area (Å²) in [7, 11) is 0. The molecule has 2 aliphatic rings. The minimum atomic E-state index is -0.704. The molecule has 1 N–H and O–H groups in total. The number of halogens is 1. The second-order valence-electron chi connectivity index (χ2n) is 5.96. The highest BCUT2D eigenvalue weighted by Gasteiger charge is 2.63. The van der Waals surface area contributed by atoms with Gasteiger partial charge < -0.3 is 5.11 Å². The van der Waals surface area contributed by atoms with E-state index in [1.54, 1.807) is 0 Å². The summed E-state index contributed by atoms with van der Waals surface area (Å²) in [6.07, 6.45) is 3.54. The van der Waals surface area contributed by atoms with E-state index in [1.165, 1.54) is 12.8 Å². The summed E-state index contributed by atoms with van der Waals surface area (Å²) in [6.45, 7) is 6.90. The molecule has 15 heavy (non-hydrogen) atoms. The average Bonchev–Trinajstić information content (AvgIpc) is 2.47. The maximum absolute atomic E-state index is 11.1. The quantitative estimate of drug-likeness (QED) is 0.785. The van der Waals surface area contributed by atoms with Crippen LogP contribution in [0.4, 0.5) is 0 Å². The highest BCUT2D eigenvalue weighted by atomic mass is 79.9. The van der Waals surface area contributed by atoms with Crippen molar-refractivity contribution in [2.75, 3.05) is 0 Å². The van der Waals surface area contributed by atoms with E-state index in [0.717, 1.165) is 6.42 Å². The number of carbonyl (C=O) groups is 1. The van der Waals surface area contributed by atoms with Crippen LogP contribution < -0.4 is 0 Å². The summed E-state index contributed by atoms with van der Waals surface area (Å²) in [6, 6.07) is 0. The monoisotopic (exact) mass is 274 g/mol. The summed E-state index contributed by atoms with van der Waals surface area (Å²) < 4.78 is 0. The Morgan fingerprint density at radius 1 is 1.47 bits per heavy atom. The summed E-state index contributed by atoms with van der Waals surface area (Å²) in [5.74, 6) is 0.306. The predicted molar refractivity (Wildman–Crippen MR) is 63.1 cm³/mol. The van der Waals surface area contributed by atoms with E-state index in [-0.39, 0.29) is 10.2 Å². The Kier molecular flexibility index (Phi) is 2.46. The van der Waals surface area contributed by atoms with E-state index in [0.29, 0.717) is 17.3 Å². The van der Waals surface area contributed by atoms with Gasteiger partial charge in [0.25, 0.3) is 0 Å². The number of rotatable bonds is 2. The molecule has 0 spiro atoms. The molecule has 3 heteroatoms. The van der Waals surface area contributed by atoms with Crippen LogP contribution in [-0.4, -0.2) is 15.9 Å². The second-order valence-corrected chi connectivity index (χ2v) is 6.94. The third-order valence-corrected chi connectivity index (χ3v) is 6.48. The van der Waals surface area contributed by atoms with Crippen LogP contribution in [0.5, 0.6) is 0 Å². The molecule has 2 aliphatic carbocycles. The number of carboxylic acids is 1. The van der Waals surface area contributed by atoms with Gasteiger partial charge in [0.1, 0.15) is 4.83 Å². The van der Waals surface area contributed by atoms with Gasteiger partial charge in [-0.3, -0.25) is 4.79 Å². The summed E-state index contributed by atoms with van der Waals surface area (Å²) in [4.78, 5) is 10.7. The van der Waals surface area contributed by atoms with Crippen LogP contribution in [0.15, 0.2) is 0 Å². The van der Waals surface area contributed by atoms with E-state index in [4.69, 9.17) is 5.11 Å². The fourth-order valence-electron chi connectivity index (χ4n) is 3.88. The molecule has 0 heterocycles. The van der Waals surface area contributed by atoms with Crippen molar-refractivity contribution in [1.82, 2.24) is 0 Å². The Morgan fingerprint density at radius 3 is 2.40 bits per heavy atom. The lowest BCUT2D eigenvalue weighted by molar-refractivity contribution is -0.138. The van der Waals surface area contributed by atoms with Crippen molar-refractivity contribution in [3.05, 3.63) is 0 Å². The van der Waals surface area contributed by atoms with Crippen LogP contribution in [0.25, 0.3) is 0 Å². The molecule has 4 atom stereocenters. The van der Waals surface area contributed by atoms with Crippen molar-refractivity contribution >= 4 is 21.9 Å². The second kappa shape index (κ2) is 3.22. The first kappa shape index (κ1) is 11.4. The predicted octanol–water partition coefficient (Wildman–Crippen LogP) is 3.30. The minimum Gasteiger partial charge on any atom is -0.480 e. The molecular weight excluding hydrogens is 256 g/mol. The van der Waals surface area contributed by atoms with Crippen molar-refractivity contribution in [2.45, 2.75) is 44.9 Å². The average molecular weight is 275 g/mol. The fraction of sp³-hybridized carbons (Fsp3) is 0.917. The van der Waals surface area contributed by atoms with Crippen molar-refractivity contribution in [3.8, 4) is 0 Å². The van der Waals surface area contributed by atoms with E-state index < -0.39 is 5.97 Å². The number of aliphatic carboxylic acids is 1. The Balaban J connectivity index is 2.30. The topological polar surface area (TPSA) is 37.3 Å². The molecular formula is C12H19BrO2. The molecule has 0 aromatic rings. The van der Waals surface area contributed by atoms with Crippen LogP contribution in [0.1, 0.15) is 40.0 Å². The molecule has 0 amide bonds. The molecule has 0 saturated heterocycles. The Hall–Kier alpha value is -0.0500. The van der Waals surface area contributed by atoms with Gasteiger partial charge in [0.05, 0.1) is 0 Å². The third kappa shape index (κ3) is 1.31. The smallest absolute Gasteiger partial charge is 0.317 e. The summed E-state index contributed by atoms with van der Waals surface area (Å²) >= 11 is 3.36.